The van der Waals surface area contributed by atoms with E-state index in [1.807, 2.05) is 0 Å². The number of hydrogen-bond acceptors (Lipinski definition) is 5. The van der Waals surface area contributed by atoms with Crippen molar-refractivity contribution in [1.29, 1.82) is 0 Å². The minimum Gasteiger partial charge on any atom is -0.467 e. The summed E-state index contributed by atoms with van der Waals surface area (Å²) < 4.78 is 4.29. The van der Waals surface area contributed by atoms with Crippen molar-refractivity contribution < 1.29 is 24.2 Å². The van der Waals surface area contributed by atoms with Crippen LogP contribution in [0.3, 0.4) is 0 Å². The molecule has 0 spiro atoms. The molecule has 0 aromatic rings. The van der Waals surface area contributed by atoms with Crippen LogP contribution in [0.25, 0.3) is 0 Å². The molecule has 2 amide bonds. The van der Waals surface area contributed by atoms with Gasteiger partial charge in [-0.1, -0.05) is 0 Å². The predicted molar refractivity (Wildman–Crippen MR) is 53.1 cm³/mol. The number of carbonyl (C=O) groups is 3. The van der Waals surface area contributed by atoms with Gasteiger partial charge in [-0.05, 0) is 13.8 Å². The molecule has 1 aliphatic heterocycles. The Hall–Kier alpha value is -1.69. The molecule has 1 atom stereocenters. The van der Waals surface area contributed by atoms with Crippen LogP contribution >= 0.6 is 0 Å². The fourth-order valence-corrected chi connectivity index (χ4v) is 1.37. The van der Waals surface area contributed by atoms with E-state index in [2.05, 4.69) is 4.74 Å². The van der Waals surface area contributed by atoms with E-state index < -0.39 is 23.9 Å². The van der Waals surface area contributed by atoms with Crippen molar-refractivity contribution in [3.8, 4) is 0 Å². The van der Waals surface area contributed by atoms with E-state index in [0.717, 1.165) is 12.0 Å². The molecule has 6 nitrogen and oxygen atoms in total. The van der Waals surface area contributed by atoms with Gasteiger partial charge in [-0.2, -0.15) is 0 Å². The lowest BCUT2D eigenvalue weighted by Crippen LogP contribution is -2.41. The van der Waals surface area contributed by atoms with E-state index in [1.54, 1.807) is 0 Å². The van der Waals surface area contributed by atoms with Crippen molar-refractivity contribution in [1.82, 2.24) is 4.90 Å². The van der Waals surface area contributed by atoms with Gasteiger partial charge in [0.05, 0.1) is 13.7 Å². The first-order chi connectivity index (χ1) is 7.40. The summed E-state index contributed by atoms with van der Waals surface area (Å²) >= 11 is 0. The number of carbonyl (C=O) groups excluding carboxylic acids is 3. The lowest BCUT2D eigenvalue weighted by molar-refractivity contribution is -0.153. The van der Waals surface area contributed by atoms with Crippen molar-refractivity contribution in [3.05, 3.63) is 11.1 Å². The number of methoxy groups -OCH3 is 1. The minimum absolute atomic E-state index is 0.335. The van der Waals surface area contributed by atoms with E-state index in [0.29, 0.717) is 11.1 Å². The summed E-state index contributed by atoms with van der Waals surface area (Å²) in [4.78, 5) is 34.9. The van der Waals surface area contributed by atoms with Crippen LogP contribution in [0.5, 0.6) is 0 Å². The van der Waals surface area contributed by atoms with Gasteiger partial charge in [0.2, 0.25) is 0 Å². The van der Waals surface area contributed by atoms with E-state index in [1.165, 1.54) is 13.8 Å². The van der Waals surface area contributed by atoms with Crippen LogP contribution in [0.4, 0.5) is 0 Å². The van der Waals surface area contributed by atoms with Crippen LogP contribution in [0.2, 0.25) is 0 Å². The molecule has 1 rings (SSSR count). The van der Waals surface area contributed by atoms with E-state index >= 15 is 0 Å². The average molecular weight is 227 g/mol. The molecule has 0 saturated carbocycles. The second-order valence-corrected chi connectivity index (χ2v) is 3.51. The van der Waals surface area contributed by atoms with E-state index in [4.69, 9.17) is 0 Å². The third-order valence-corrected chi connectivity index (χ3v) is 2.52. The molecular weight excluding hydrogens is 214 g/mol. The summed E-state index contributed by atoms with van der Waals surface area (Å²) in [5.74, 6) is -1.83. The molecule has 0 aromatic heterocycles. The van der Waals surface area contributed by atoms with Crippen molar-refractivity contribution >= 4 is 17.8 Å². The Kier molecular flexibility index (Phi) is 3.44. The van der Waals surface area contributed by atoms with Crippen molar-refractivity contribution in [3.63, 3.8) is 0 Å². The Morgan fingerprint density at radius 3 is 2.12 bits per heavy atom. The molecule has 0 bridgehead atoms. The van der Waals surface area contributed by atoms with Crippen LogP contribution in [-0.2, 0) is 19.1 Å². The number of imide groups is 1. The highest BCUT2D eigenvalue weighted by molar-refractivity contribution is 6.18. The average Bonchev–Trinajstić information content (AvgIpc) is 2.45. The lowest BCUT2D eigenvalue weighted by atomic mass is 10.2. The summed E-state index contributed by atoms with van der Waals surface area (Å²) in [5.41, 5.74) is 0.670. The molecule has 0 saturated heterocycles. The molecule has 0 aliphatic carbocycles. The van der Waals surface area contributed by atoms with Gasteiger partial charge in [0.15, 0.2) is 6.10 Å². The Morgan fingerprint density at radius 2 is 1.75 bits per heavy atom. The molecule has 1 unspecified atom stereocenters. The Balaban J connectivity index is 2.76. The van der Waals surface area contributed by atoms with Gasteiger partial charge >= 0.3 is 5.97 Å². The second-order valence-electron chi connectivity index (χ2n) is 3.51. The van der Waals surface area contributed by atoms with E-state index in [9.17, 15) is 19.5 Å². The fourth-order valence-electron chi connectivity index (χ4n) is 1.37. The van der Waals surface area contributed by atoms with Gasteiger partial charge < -0.3 is 9.84 Å². The largest absolute Gasteiger partial charge is 0.467 e. The molecule has 0 fully saturated rings. The van der Waals surface area contributed by atoms with Crippen molar-refractivity contribution in [2.45, 2.75) is 20.0 Å². The molecule has 88 valence electrons. The number of hydrogen-bond donors (Lipinski definition) is 1. The summed E-state index contributed by atoms with van der Waals surface area (Å²) in [6, 6.07) is 0. The number of aliphatic hydroxyl groups excluding tert-OH is 1. The molecule has 1 N–H and O–H groups in total. The third kappa shape index (κ3) is 1.96. The number of β-amino-alcohol motifs (C(OH)–C–C–N with tert-alkyl or cyclic N) is 1. The van der Waals surface area contributed by atoms with Crippen LogP contribution in [0.1, 0.15) is 13.8 Å². The van der Waals surface area contributed by atoms with Crippen LogP contribution < -0.4 is 0 Å². The van der Waals surface area contributed by atoms with E-state index in [-0.39, 0.29) is 6.54 Å². The smallest absolute Gasteiger partial charge is 0.336 e. The standard InChI is InChI=1S/C10H13NO5/c1-5-6(2)9(14)11(8(5)13)4-7(12)10(15)16-3/h7,12H,4H2,1-3H3. The maximum Gasteiger partial charge on any atom is 0.336 e. The number of rotatable bonds is 3. The zero-order chi connectivity index (χ0) is 12.5. The molecule has 1 heterocycles. The van der Waals surface area contributed by atoms with Gasteiger partial charge in [0.25, 0.3) is 11.8 Å². The number of nitrogens with zero attached hydrogens (tertiary/aromatic N) is 1. The SMILES string of the molecule is COC(=O)C(O)CN1C(=O)C(C)=C(C)C1=O. The maximum atomic E-state index is 11.6. The lowest BCUT2D eigenvalue weighted by Gasteiger charge is -2.17. The quantitative estimate of drug-likeness (QED) is 0.505. The first-order valence-electron chi connectivity index (χ1n) is 4.69. The van der Waals surface area contributed by atoms with Crippen molar-refractivity contribution in [2.24, 2.45) is 0 Å². The summed E-state index contributed by atoms with van der Waals surface area (Å²) in [6.45, 7) is 2.68. The zero-order valence-corrected chi connectivity index (χ0v) is 9.31. The summed E-state index contributed by atoms with van der Waals surface area (Å²) in [6.07, 6.45) is -1.50. The molecular formula is C10H13NO5. The zero-order valence-electron chi connectivity index (χ0n) is 9.31. The first-order valence-corrected chi connectivity index (χ1v) is 4.69. The minimum atomic E-state index is -1.50. The molecule has 16 heavy (non-hydrogen) atoms. The van der Waals surface area contributed by atoms with Gasteiger partial charge in [0, 0.05) is 11.1 Å². The number of ether oxygens (including phenoxy) is 1. The highest BCUT2D eigenvalue weighted by atomic mass is 16.5. The molecule has 6 heteroatoms. The summed E-state index contributed by atoms with van der Waals surface area (Å²) in [7, 11) is 1.12. The Morgan fingerprint density at radius 1 is 1.31 bits per heavy atom. The highest BCUT2D eigenvalue weighted by Gasteiger charge is 2.35. The number of aliphatic hydroxyl groups is 1. The molecule has 0 aromatic carbocycles. The monoisotopic (exact) mass is 227 g/mol. The van der Waals surface area contributed by atoms with Crippen LogP contribution in [-0.4, -0.2) is 47.5 Å². The maximum absolute atomic E-state index is 11.6. The van der Waals surface area contributed by atoms with Gasteiger partial charge in [-0.15, -0.1) is 0 Å². The highest BCUT2D eigenvalue weighted by Crippen LogP contribution is 2.19. The van der Waals surface area contributed by atoms with Crippen molar-refractivity contribution in [2.75, 3.05) is 13.7 Å². The Labute approximate surface area is 92.5 Å². The van der Waals surface area contributed by atoms with Crippen LogP contribution in [0.15, 0.2) is 11.1 Å². The normalized spacial score (nSPS) is 18.1. The molecule has 0 radical (unpaired) electrons. The van der Waals surface area contributed by atoms with Crippen LogP contribution in [0, 0.1) is 0 Å². The predicted octanol–water partition coefficient (Wildman–Crippen LogP) is -0.775. The fraction of sp³-hybridized carbons (Fsp3) is 0.500. The number of amides is 2. The summed E-state index contributed by atoms with van der Waals surface area (Å²) in [5, 5.41) is 9.35. The Bertz CT molecular complexity index is 361. The third-order valence-electron chi connectivity index (χ3n) is 2.52. The van der Waals surface area contributed by atoms with Gasteiger partial charge in [-0.3, -0.25) is 14.5 Å². The molecule has 1 aliphatic rings. The topological polar surface area (TPSA) is 83.9 Å². The first kappa shape index (κ1) is 12.4. The number of esters is 1. The second kappa shape index (κ2) is 4.44. The van der Waals surface area contributed by atoms with Gasteiger partial charge in [0.1, 0.15) is 0 Å². The van der Waals surface area contributed by atoms with Gasteiger partial charge in [-0.25, -0.2) is 4.79 Å².